The van der Waals surface area contributed by atoms with Gasteiger partial charge in [-0.25, -0.2) is 0 Å². The molecule has 0 aromatic carbocycles. The van der Waals surface area contributed by atoms with Crippen molar-refractivity contribution < 1.29 is 4.79 Å². The zero-order valence-corrected chi connectivity index (χ0v) is 12.0. The summed E-state index contributed by atoms with van der Waals surface area (Å²) in [4.78, 5) is 14.3. The Balaban J connectivity index is 1.88. The number of rotatable bonds is 3. The van der Waals surface area contributed by atoms with Crippen LogP contribution in [0.15, 0.2) is 0 Å². The van der Waals surface area contributed by atoms with Crippen LogP contribution >= 0.6 is 11.3 Å². The van der Waals surface area contributed by atoms with Gasteiger partial charge in [0.15, 0.2) is 0 Å². The molecule has 0 aliphatic carbocycles. The van der Waals surface area contributed by atoms with Crippen molar-refractivity contribution in [2.75, 3.05) is 18.4 Å². The topological polar surface area (TPSA) is 58.1 Å². The van der Waals surface area contributed by atoms with Gasteiger partial charge in [0.05, 0.1) is 6.04 Å². The third kappa shape index (κ3) is 3.26. The van der Waals surface area contributed by atoms with Crippen LogP contribution < -0.4 is 5.32 Å². The van der Waals surface area contributed by atoms with Crippen molar-refractivity contribution in [3.8, 4) is 0 Å². The molecule has 1 saturated heterocycles. The zero-order valence-electron chi connectivity index (χ0n) is 11.1. The Morgan fingerprint density at radius 1 is 1.44 bits per heavy atom. The normalized spacial score (nSPS) is 19.7. The standard InChI is InChI=1S/C12H20N4OS/c1-8-4-6-16(7-5-8)9(2)11(17)13-12-15-14-10(3)18-12/h8-9H,4-7H2,1-3H3,(H,13,15,17)/t9-/m0/s1. The average molecular weight is 268 g/mol. The van der Waals surface area contributed by atoms with Gasteiger partial charge in [-0.05, 0) is 45.7 Å². The van der Waals surface area contributed by atoms with Gasteiger partial charge < -0.3 is 0 Å². The van der Waals surface area contributed by atoms with Crippen LogP contribution in [-0.4, -0.2) is 40.1 Å². The summed E-state index contributed by atoms with van der Waals surface area (Å²) < 4.78 is 0. The Morgan fingerprint density at radius 3 is 2.67 bits per heavy atom. The van der Waals surface area contributed by atoms with Crippen LogP contribution in [-0.2, 0) is 4.79 Å². The molecule has 0 spiro atoms. The number of likely N-dealkylation sites (tertiary alicyclic amines) is 1. The van der Waals surface area contributed by atoms with Crippen molar-refractivity contribution >= 4 is 22.4 Å². The van der Waals surface area contributed by atoms with E-state index in [-0.39, 0.29) is 11.9 Å². The molecule has 18 heavy (non-hydrogen) atoms. The predicted octanol–water partition coefficient (Wildman–Crippen LogP) is 1.91. The molecule has 1 N–H and O–H groups in total. The lowest BCUT2D eigenvalue weighted by molar-refractivity contribution is -0.121. The number of nitrogens with zero attached hydrogens (tertiary/aromatic N) is 3. The van der Waals surface area contributed by atoms with Crippen molar-refractivity contribution in [3.63, 3.8) is 0 Å². The fraction of sp³-hybridized carbons (Fsp3) is 0.750. The van der Waals surface area contributed by atoms with E-state index in [9.17, 15) is 4.79 Å². The minimum Gasteiger partial charge on any atom is -0.299 e. The maximum atomic E-state index is 12.1. The van der Waals surface area contributed by atoms with Crippen LogP contribution in [0.3, 0.4) is 0 Å². The highest BCUT2D eigenvalue weighted by atomic mass is 32.1. The first-order valence-electron chi connectivity index (χ1n) is 6.41. The summed E-state index contributed by atoms with van der Waals surface area (Å²) in [6.45, 7) is 8.11. The molecule has 1 atom stereocenters. The fourth-order valence-electron chi connectivity index (χ4n) is 2.14. The third-order valence-corrected chi connectivity index (χ3v) is 4.26. The molecule has 6 heteroatoms. The minimum absolute atomic E-state index is 0.0145. The van der Waals surface area contributed by atoms with Crippen molar-refractivity contribution in [2.45, 2.75) is 39.7 Å². The lowest BCUT2D eigenvalue weighted by Crippen LogP contribution is -2.45. The molecule has 1 amide bonds. The van der Waals surface area contributed by atoms with Crippen LogP contribution in [0.2, 0.25) is 0 Å². The lowest BCUT2D eigenvalue weighted by atomic mass is 9.98. The molecular formula is C12H20N4OS. The molecule has 1 aliphatic heterocycles. The number of aromatic nitrogens is 2. The predicted molar refractivity (Wildman–Crippen MR) is 72.7 cm³/mol. The Morgan fingerprint density at radius 2 is 2.11 bits per heavy atom. The Hall–Kier alpha value is -1.01. The summed E-state index contributed by atoms with van der Waals surface area (Å²) in [6, 6.07) is -0.0956. The number of hydrogen-bond acceptors (Lipinski definition) is 5. The number of carbonyl (C=O) groups is 1. The largest absolute Gasteiger partial charge is 0.299 e. The van der Waals surface area contributed by atoms with E-state index in [1.54, 1.807) is 0 Å². The van der Waals surface area contributed by atoms with Gasteiger partial charge in [-0.3, -0.25) is 15.0 Å². The van der Waals surface area contributed by atoms with Crippen LogP contribution in [0.4, 0.5) is 5.13 Å². The number of anilines is 1. The number of amides is 1. The molecule has 1 aliphatic rings. The molecule has 0 unspecified atom stereocenters. The van der Waals surface area contributed by atoms with Gasteiger partial charge in [0, 0.05) is 0 Å². The van der Waals surface area contributed by atoms with E-state index in [1.807, 2.05) is 13.8 Å². The maximum absolute atomic E-state index is 12.1. The second kappa shape index (κ2) is 5.75. The van der Waals surface area contributed by atoms with E-state index in [4.69, 9.17) is 0 Å². The molecule has 0 bridgehead atoms. The van der Waals surface area contributed by atoms with Gasteiger partial charge in [-0.1, -0.05) is 18.3 Å². The zero-order chi connectivity index (χ0) is 13.1. The first-order valence-corrected chi connectivity index (χ1v) is 7.23. The highest BCUT2D eigenvalue weighted by Crippen LogP contribution is 2.19. The molecule has 0 saturated carbocycles. The summed E-state index contributed by atoms with van der Waals surface area (Å²) in [6.07, 6.45) is 2.35. The highest BCUT2D eigenvalue weighted by molar-refractivity contribution is 7.15. The monoisotopic (exact) mass is 268 g/mol. The highest BCUT2D eigenvalue weighted by Gasteiger charge is 2.25. The molecule has 1 fully saturated rings. The molecule has 100 valence electrons. The van der Waals surface area contributed by atoms with E-state index in [0.29, 0.717) is 5.13 Å². The first kappa shape index (κ1) is 13.4. The second-order valence-corrected chi connectivity index (χ2v) is 6.19. The van der Waals surface area contributed by atoms with Gasteiger partial charge in [-0.15, -0.1) is 10.2 Å². The van der Waals surface area contributed by atoms with Crippen LogP contribution in [0.25, 0.3) is 0 Å². The molecule has 1 aromatic rings. The summed E-state index contributed by atoms with van der Waals surface area (Å²) in [5.41, 5.74) is 0. The molecule has 2 rings (SSSR count). The van der Waals surface area contributed by atoms with Crippen molar-refractivity contribution in [1.29, 1.82) is 0 Å². The number of aryl methyl sites for hydroxylation is 1. The van der Waals surface area contributed by atoms with E-state index in [2.05, 4.69) is 27.3 Å². The first-order chi connectivity index (χ1) is 8.56. The Labute approximate surface area is 112 Å². The average Bonchev–Trinajstić information content (AvgIpc) is 2.75. The van der Waals surface area contributed by atoms with E-state index in [0.717, 1.165) is 24.0 Å². The molecule has 2 heterocycles. The Bertz CT molecular complexity index is 412. The molecule has 0 radical (unpaired) electrons. The van der Waals surface area contributed by atoms with Crippen molar-refractivity contribution in [1.82, 2.24) is 15.1 Å². The van der Waals surface area contributed by atoms with Gasteiger partial charge >= 0.3 is 0 Å². The van der Waals surface area contributed by atoms with E-state index < -0.39 is 0 Å². The van der Waals surface area contributed by atoms with Crippen molar-refractivity contribution in [3.05, 3.63) is 5.01 Å². The van der Waals surface area contributed by atoms with E-state index >= 15 is 0 Å². The fourth-order valence-corrected chi connectivity index (χ4v) is 2.73. The second-order valence-electron chi connectivity index (χ2n) is 5.01. The summed E-state index contributed by atoms with van der Waals surface area (Å²) in [5, 5.41) is 12.1. The molecule has 1 aromatic heterocycles. The maximum Gasteiger partial charge on any atom is 0.243 e. The summed E-state index contributed by atoms with van der Waals surface area (Å²) in [7, 11) is 0. The van der Waals surface area contributed by atoms with Gasteiger partial charge in [0.25, 0.3) is 0 Å². The van der Waals surface area contributed by atoms with Crippen molar-refractivity contribution in [2.24, 2.45) is 5.92 Å². The quantitative estimate of drug-likeness (QED) is 0.909. The molecular weight excluding hydrogens is 248 g/mol. The number of piperidine rings is 1. The third-order valence-electron chi connectivity index (χ3n) is 3.50. The van der Waals surface area contributed by atoms with Crippen LogP contribution in [0.5, 0.6) is 0 Å². The smallest absolute Gasteiger partial charge is 0.243 e. The van der Waals surface area contributed by atoms with Gasteiger partial charge in [-0.2, -0.15) is 0 Å². The van der Waals surface area contributed by atoms with Crippen LogP contribution in [0, 0.1) is 12.8 Å². The number of carbonyl (C=O) groups excluding carboxylic acids is 1. The number of nitrogens with one attached hydrogen (secondary N) is 1. The van der Waals surface area contributed by atoms with E-state index in [1.165, 1.54) is 24.2 Å². The minimum atomic E-state index is -0.0956. The van der Waals surface area contributed by atoms with Gasteiger partial charge in [0.2, 0.25) is 11.0 Å². The molecule has 5 nitrogen and oxygen atoms in total. The summed E-state index contributed by atoms with van der Waals surface area (Å²) in [5.74, 6) is 0.794. The Kier molecular flexibility index (Phi) is 4.29. The van der Waals surface area contributed by atoms with Gasteiger partial charge in [0.1, 0.15) is 5.01 Å². The lowest BCUT2D eigenvalue weighted by Gasteiger charge is -2.33. The SMILES string of the molecule is Cc1nnc(NC(=O)[C@H](C)N2CCC(C)CC2)s1. The summed E-state index contributed by atoms with van der Waals surface area (Å²) >= 11 is 1.41. The number of hydrogen-bond donors (Lipinski definition) is 1. The van der Waals surface area contributed by atoms with Crippen LogP contribution in [0.1, 0.15) is 31.7 Å².